The van der Waals surface area contributed by atoms with Gasteiger partial charge >= 0.3 is 5.97 Å². The molecule has 0 saturated carbocycles. The van der Waals surface area contributed by atoms with Gasteiger partial charge in [-0.1, -0.05) is 12.1 Å². The van der Waals surface area contributed by atoms with Crippen LogP contribution in [0.25, 0.3) is 0 Å². The number of hydrazone groups is 1. The molecular weight excluding hydrogens is 356 g/mol. The molecule has 0 unspecified atom stereocenters. The minimum absolute atomic E-state index is 0.0401. The molecule has 7 nitrogen and oxygen atoms in total. The summed E-state index contributed by atoms with van der Waals surface area (Å²) >= 11 is 0. The predicted octanol–water partition coefficient (Wildman–Crippen LogP) is 1.68. The maximum absolute atomic E-state index is 12.6. The van der Waals surface area contributed by atoms with E-state index in [9.17, 15) is 18.0 Å². The zero-order valence-electron chi connectivity index (χ0n) is 15.1. The molecule has 0 radical (unpaired) electrons. The second-order valence-electron chi connectivity index (χ2n) is 6.88. The number of sulfone groups is 1. The van der Waals surface area contributed by atoms with E-state index in [2.05, 4.69) is 5.10 Å². The maximum atomic E-state index is 12.6. The number of carbonyl (C=O) groups excluding carboxylic acids is 2. The van der Waals surface area contributed by atoms with E-state index in [4.69, 9.17) is 4.74 Å². The summed E-state index contributed by atoms with van der Waals surface area (Å²) in [7, 11) is -3.15. The molecule has 3 rings (SSSR count). The molecule has 1 amide bonds. The van der Waals surface area contributed by atoms with Crippen LogP contribution in [0.1, 0.15) is 36.0 Å². The van der Waals surface area contributed by atoms with E-state index in [1.54, 1.807) is 0 Å². The number of ether oxygens (including phenoxy) is 1. The summed E-state index contributed by atoms with van der Waals surface area (Å²) in [4.78, 5) is 24.7. The zero-order chi connectivity index (χ0) is 19.1. The van der Waals surface area contributed by atoms with E-state index in [0.717, 1.165) is 16.7 Å². The highest BCUT2D eigenvalue weighted by atomic mass is 32.2. The molecule has 140 valence electrons. The molecule has 0 aromatic heterocycles. The maximum Gasteiger partial charge on any atom is 0.359 e. The Bertz CT molecular complexity index is 904. The van der Waals surface area contributed by atoms with Crippen LogP contribution >= 0.6 is 0 Å². The number of esters is 1. The third-order valence-corrected chi connectivity index (χ3v) is 6.67. The molecule has 8 heteroatoms. The van der Waals surface area contributed by atoms with Gasteiger partial charge in [-0.25, -0.2) is 18.2 Å². The van der Waals surface area contributed by atoms with E-state index in [-0.39, 0.29) is 36.0 Å². The third-order valence-electron chi connectivity index (χ3n) is 4.92. The Morgan fingerprint density at radius 1 is 1.19 bits per heavy atom. The van der Waals surface area contributed by atoms with Crippen LogP contribution in [0.15, 0.2) is 17.2 Å². The van der Waals surface area contributed by atoms with Gasteiger partial charge in [0.1, 0.15) is 11.5 Å². The number of rotatable bonds is 3. The van der Waals surface area contributed by atoms with Gasteiger partial charge in [0.05, 0.1) is 17.5 Å². The lowest BCUT2D eigenvalue weighted by Crippen LogP contribution is -2.42. The van der Waals surface area contributed by atoms with Crippen LogP contribution in [0, 0.1) is 20.8 Å². The first-order chi connectivity index (χ1) is 12.2. The van der Waals surface area contributed by atoms with E-state index in [1.165, 1.54) is 5.01 Å². The molecule has 0 N–H and O–H groups in total. The lowest BCUT2D eigenvalue weighted by molar-refractivity contribution is -0.134. The van der Waals surface area contributed by atoms with Gasteiger partial charge in [-0.15, -0.1) is 0 Å². The van der Waals surface area contributed by atoms with Gasteiger partial charge in [0.25, 0.3) is 0 Å². The summed E-state index contributed by atoms with van der Waals surface area (Å²) in [6.07, 6.45) is 0.657. The number of aryl methyl sites for hydroxylation is 2. The van der Waals surface area contributed by atoms with Crippen molar-refractivity contribution in [3.05, 3.63) is 28.8 Å². The van der Waals surface area contributed by atoms with Crippen LogP contribution in [0.3, 0.4) is 0 Å². The summed E-state index contributed by atoms with van der Waals surface area (Å²) in [5.41, 5.74) is 2.88. The molecular formula is C18H22N2O5S. The first-order valence-corrected chi connectivity index (χ1v) is 10.4. The highest BCUT2D eigenvalue weighted by molar-refractivity contribution is 7.91. The van der Waals surface area contributed by atoms with Gasteiger partial charge in [-0.05, 0) is 43.9 Å². The van der Waals surface area contributed by atoms with Gasteiger partial charge in [0.2, 0.25) is 5.91 Å². The van der Waals surface area contributed by atoms with Crippen molar-refractivity contribution in [3.63, 3.8) is 0 Å². The van der Waals surface area contributed by atoms with Crippen molar-refractivity contribution >= 4 is 27.4 Å². The van der Waals surface area contributed by atoms with E-state index in [0.29, 0.717) is 12.2 Å². The van der Waals surface area contributed by atoms with Crippen LogP contribution in [0.4, 0.5) is 0 Å². The fourth-order valence-electron chi connectivity index (χ4n) is 3.21. The largest absolute Gasteiger partial charge is 0.421 e. The third kappa shape index (κ3) is 3.65. The minimum Gasteiger partial charge on any atom is -0.421 e. The van der Waals surface area contributed by atoms with Crippen LogP contribution in [-0.4, -0.2) is 48.6 Å². The highest BCUT2D eigenvalue weighted by Gasteiger charge is 2.37. The van der Waals surface area contributed by atoms with Crippen LogP contribution in [0.5, 0.6) is 5.75 Å². The molecule has 1 fully saturated rings. The van der Waals surface area contributed by atoms with Crippen molar-refractivity contribution < 1.29 is 22.7 Å². The lowest BCUT2D eigenvalue weighted by atomic mass is 10.1. The molecule has 0 bridgehead atoms. The first kappa shape index (κ1) is 18.6. The second-order valence-corrected chi connectivity index (χ2v) is 9.11. The monoisotopic (exact) mass is 378 g/mol. The van der Waals surface area contributed by atoms with Crippen molar-refractivity contribution in [2.75, 3.05) is 11.5 Å². The van der Waals surface area contributed by atoms with Crippen molar-refractivity contribution in [3.8, 4) is 5.75 Å². The molecule has 1 atom stereocenters. The Hall–Kier alpha value is -2.22. The van der Waals surface area contributed by atoms with Crippen molar-refractivity contribution in [1.82, 2.24) is 5.01 Å². The molecule has 0 spiro atoms. The number of hydrogen-bond donors (Lipinski definition) is 0. The molecule has 1 aromatic rings. The summed E-state index contributed by atoms with van der Waals surface area (Å²) in [5.74, 6) is -0.421. The summed E-state index contributed by atoms with van der Waals surface area (Å²) in [6, 6.07) is 3.34. The first-order valence-electron chi connectivity index (χ1n) is 8.57. The van der Waals surface area contributed by atoms with Gasteiger partial charge in [0, 0.05) is 12.8 Å². The van der Waals surface area contributed by atoms with Gasteiger partial charge < -0.3 is 4.74 Å². The number of nitrogens with zero attached hydrogens (tertiary/aromatic N) is 2. The van der Waals surface area contributed by atoms with E-state index >= 15 is 0 Å². The van der Waals surface area contributed by atoms with Crippen LogP contribution < -0.4 is 4.74 Å². The fraction of sp³-hybridized carbons (Fsp3) is 0.500. The standard InChI is InChI=1S/C18H22N2O5S/c1-11-4-5-12(2)17(13(11)3)25-18(22)15-6-7-16(21)20(19-15)14-8-9-26(23,24)10-14/h4-5,14H,6-10H2,1-3H3/t14-/m0/s1. The summed E-state index contributed by atoms with van der Waals surface area (Å²) < 4.78 is 28.9. The van der Waals surface area contributed by atoms with Crippen LogP contribution in [0.2, 0.25) is 0 Å². The van der Waals surface area contributed by atoms with E-state index in [1.807, 2.05) is 32.9 Å². The smallest absolute Gasteiger partial charge is 0.359 e. The molecule has 1 aromatic carbocycles. The Balaban J connectivity index is 1.82. The number of carbonyl (C=O) groups is 2. The summed E-state index contributed by atoms with van der Waals surface area (Å²) in [5, 5.41) is 5.32. The van der Waals surface area contributed by atoms with E-state index < -0.39 is 21.8 Å². The molecule has 2 aliphatic heterocycles. The topological polar surface area (TPSA) is 93.1 Å². The van der Waals surface area contributed by atoms with Crippen molar-refractivity contribution in [1.29, 1.82) is 0 Å². The van der Waals surface area contributed by atoms with Gasteiger partial charge in [0.15, 0.2) is 9.84 Å². The average Bonchev–Trinajstić information content (AvgIpc) is 2.95. The number of amides is 1. The average molecular weight is 378 g/mol. The minimum atomic E-state index is -3.15. The second kappa shape index (κ2) is 6.83. The fourth-order valence-corrected chi connectivity index (χ4v) is 4.90. The zero-order valence-corrected chi connectivity index (χ0v) is 15.9. The summed E-state index contributed by atoms with van der Waals surface area (Å²) in [6.45, 7) is 5.68. The van der Waals surface area contributed by atoms with Gasteiger partial charge in [-0.2, -0.15) is 5.10 Å². The Morgan fingerprint density at radius 3 is 2.54 bits per heavy atom. The molecule has 2 aliphatic rings. The Labute approximate surface area is 152 Å². The quantitative estimate of drug-likeness (QED) is 0.589. The lowest BCUT2D eigenvalue weighted by Gasteiger charge is -2.27. The molecule has 2 heterocycles. The Kier molecular flexibility index (Phi) is 4.88. The Morgan fingerprint density at radius 2 is 1.88 bits per heavy atom. The SMILES string of the molecule is Cc1ccc(C)c(OC(=O)C2=NN([C@H]3CCS(=O)(=O)C3)C(=O)CC2)c1C. The van der Waals surface area contributed by atoms with Crippen molar-refractivity contribution in [2.24, 2.45) is 5.10 Å². The van der Waals surface area contributed by atoms with Gasteiger partial charge in [-0.3, -0.25) is 4.79 Å². The molecule has 1 saturated heterocycles. The molecule has 26 heavy (non-hydrogen) atoms. The predicted molar refractivity (Wildman–Crippen MR) is 96.9 cm³/mol. The molecule has 0 aliphatic carbocycles. The van der Waals surface area contributed by atoms with Crippen molar-refractivity contribution in [2.45, 2.75) is 46.1 Å². The number of hydrogen-bond acceptors (Lipinski definition) is 6. The number of benzene rings is 1. The van der Waals surface area contributed by atoms with Crippen LogP contribution in [-0.2, 0) is 19.4 Å². The highest BCUT2D eigenvalue weighted by Crippen LogP contribution is 2.27. The normalized spacial score (nSPS) is 22.3.